The van der Waals surface area contributed by atoms with Crippen molar-refractivity contribution in [3.8, 4) is 11.1 Å². The highest BCUT2D eigenvalue weighted by Crippen LogP contribution is 2.51. The molecule has 0 unspecified atom stereocenters. The number of ether oxygens (including phenoxy) is 1. The van der Waals surface area contributed by atoms with Crippen molar-refractivity contribution >= 4 is 41.3 Å². The Balaban J connectivity index is 1.07. The van der Waals surface area contributed by atoms with Crippen LogP contribution in [0.15, 0.2) is 231 Å². The van der Waals surface area contributed by atoms with E-state index in [1.165, 1.54) is 0 Å². The average Bonchev–Trinajstić information content (AvgIpc) is 3.77. The molecule has 2 atom stereocenters. The molecule has 2 amide bonds. The molecule has 1 aliphatic carbocycles. The van der Waals surface area contributed by atoms with E-state index in [0.29, 0.717) is 12.3 Å². The summed E-state index contributed by atoms with van der Waals surface area (Å²) in [4.78, 5) is 44.6. The Kier molecular flexibility index (Phi) is 16.5. The van der Waals surface area contributed by atoms with Crippen LogP contribution in [0.1, 0.15) is 76.6 Å². The zero-order valence-corrected chi connectivity index (χ0v) is 42.2. The largest absolute Gasteiger partial charge is 0.449 e. The summed E-state index contributed by atoms with van der Waals surface area (Å²) in [7, 11) is 0. The van der Waals surface area contributed by atoms with Gasteiger partial charge in [0, 0.05) is 30.4 Å². The van der Waals surface area contributed by atoms with Crippen molar-refractivity contribution in [3.05, 3.63) is 275 Å². The number of rotatable bonds is 22. The third-order valence-corrected chi connectivity index (χ3v) is 17.1. The van der Waals surface area contributed by atoms with Gasteiger partial charge in [0.05, 0.1) is 21.5 Å². The van der Waals surface area contributed by atoms with E-state index in [0.717, 1.165) is 68.5 Å². The molecule has 0 aromatic heterocycles. The lowest BCUT2D eigenvalue weighted by atomic mass is 9.84. The van der Waals surface area contributed by atoms with E-state index in [9.17, 15) is 9.59 Å². The van der Waals surface area contributed by atoms with Crippen molar-refractivity contribution < 1.29 is 19.1 Å². The van der Waals surface area contributed by atoms with Crippen LogP contribution in [0.3, 0.4) is 0 Å². The third kappa shape index (κ3) is 10.9. The van der Waals surface area contributed by atoms with E-state index in [4.69, 9.17) is 4.74 Å². The fraction of sp³-hybridized carbons (Fsp3) is 0.203. The highest BCUT2D eigenvalue weighted by molar-refractivity contribution is 8.01. The Morgan fingerprint density at radius 3 is 1.25 bits per heavy atom. The Hall–Kier alpha value is -7.13. The molecule has 0 aliphatic heterocycles. The molecule has 0 radical (unpaired) electrons. The van der Waals surface area contributed by atoms with Crippen molar-refractivity contribution in [1.29, 1.82) is 0 Å². The second kappa shape index (κ2) is 23.9. The van der Waals surface area contributed by atoms with Crippen LogP contribution < -0.4 is 10.6 Å². The number of unbranched alkanes of at least 4 members (excludes halogenated alkanes) is 1. The molecule has 1 aliphatic rings. The molecule has 8 heteroatoms. The fourth-order valence-electron chi connectivity index (χ4n) is 10.1. The van der Waals surface area contributed by atoms with E-state index in [1.807, 2.05) is 133 Å². The van der Waals surface area contributed by atoms with E-state index in [-0.39, 0.29) is 36.4 Å². The molecule has 0 saturated carbocycles. The van der Waals surface area contributed by atoms with Crippen LogP contribution in [-0.4, -0.2) is 48.5 Å². The molecule has 0 fully saturated rings. The second-order valence-electron chi connectivity index (χ2n) is 18.2. The fourth-order valence-corrected chi connectivity index (χ4v) is 13.3. The van der Waals surface area contributed by atoms with E-state index < -0.39 is 27.5 Å². The van der Waals surface area contributed by atoms with Crippen molar-refractivity contribution in [2.24, 2.45) is 5.92 Å². The average molecular weight is 985 g/mol. The second-order valence-corrected chi connectivity index (χ2v) is 20.7. The van der Waals surface area contributed by atoms with Crippen LogP contribution in [0.4, 0.5) is 4.79 Å². The Bertz CT molecular complexity index is 2770. The molecule has 8 aromatic rings. The predicted molar refractivity (Wildman–Crippen MR) is 296 cm³/mol. The first kappa shape index (κ1) is 49.8. The minimum Gasteiger partial charge on any atom is -0.449 e. The van der Waals surface area contributed by atoms with E-state index in [2.05, 4.69) is 115 Å². The number of ketones is 1. The highest BCUT2D eigenvalue weighted by Gasteiger charge is 2.42. The summed E-state index contributed by atoms with van der Waals surface area (Å²) in [5.41, 5.74) is 10.7. The number of thioether (sulfide) groups is 2. The monoisotopic (exact) mass is 984 g/mol. The molecule has 362 valence electrons. The highest BCUT2D eigenvalue weighted by atomic mass is 32.2. The molecule has 2 N–H and O–H groups in total. The van der Waals surface area contributed by atoms with Crippen LogP contribution in [0.2, 0.25) is 0 Å². The van der Waals surface area contributed by atoms with Crippen molar-refractivity contribution in [3.63, 3.8) is 0 Å². The van der Waals surface area contributed by atoms with Crippen molar-refractivity contribution in [2.75, 3.05) is 24.7 Å². The molecule has 0 heterocycles. The van der Waals surface area contributed by atoms with Gasteiger partial charge in [0.25, 0.3) is 0 Å². The minimum atomic E-state index is -1.03. The van der Waals surface area contributed by atoms with Gasteiger partial charge in [0.15, 0.2) is 5.78 Å². The number of fused-ring (bicyclic) bond motifs is 3. The van der Waals surface area contributed by atoms with Crippen molar-refractivity contribution in [2.45, 2.75) is 47.6 Å². The number of carbonyl (C=O) groups is 3. The number of hydrogen-bond acceptors (Lipinski definition) is 6. The van der Waals surface area contributed by atoms with Gasteiger partial charge in [-0.2, -0.15) is 0 Å². The van der Waals surface area contributed by atoms with Crippen LogP contribution in [-0.2, 0) is 23.8 Å². The van der Waals surface area contributed by atoms with Gasteiger partial charge in [-0.15, -0.1) is 23.5 Å². The lowest BCUT2D eigenvalue weighted by Gasteiger charge is -2.37. The van der Waals surface area contributed by atoms with Gasteiger partial charge < -0.3 is 15.4 Å². The molecule has 9 rings (SSSR count). The van der Waals surface area contributed by atoms with Gasteiger partial charge >= 0.3 is 6.09 Å². The summed E-state index contributed by atoms with van der Waals surface area (Å²) in [6, 6.07) is 77.6. The smallest absolute Gasteiger partial charge is 0.407 e. The number of alkyl carbamates (subject to hydrolysis) is 1. The van der Waals surface area contributed by atoms with Gasteiger partial charge in [-0.05, 0) is 62.1 Å². The summed E-state index contributed by atoms with van der Waals surface area (Å²) >= 11 is 3.26. The molecular weight excluding hydrogens is 925 g/mol. The minimum absolute atomic E-state index is 0.0928. The third-order valence-electron chi connectivity index (χ3n) is 13.7. The Labute approximate surface area is 433 Å². The zero-order chi connectivity index (χ0) is 49.6. The van der Waals surface area contributed by atoms with Crippen LogP contribution in [0.5, 0.6) is 0 Å². The van der Waals surface area contributed by atoms with Crippen LogP contribution in [0, 0.1) is 5.92 Å². The molecule has 8 aromatic carbocycles. The van der Waals surface area contributed by atoms with Crippen LogP contribution >= 0.6 is 23.5 Å². The maximum Gasteiger partial charge on any atom is 0.407 e. The zero-order valence-electron chi connectivity index (χ0n) is 40.6. The van der Waals surface area contributed by atoms with E-state index >= 15 is 4.79 Å². The standard InChI is InChI=1S/C64H60N2O4S2/c1-2-3-42-65-61(68)47(45-71-63(48-26-10-4-11-27-48,49-28-12-5-13-29-49)50-30-14-6-15-31-50)43-60(67)59(66-62(69)70-44-58-56-40-24-22-38-54(56)55-39-23-25-41-57(55)58)46-72-64(51-32-16-7-17-33-51,52-34-18-8-19-35-52)53-36-20-9-21-37-53/h4-41,47,58-59H,2-3,42-46H2,1H3,(H,65,68)(H,66,69)/t47-,59-/m0/s1. The molecule has 0 saturated heterocycles. The Morgan fingerprint density at radius 1 is 0.500 bits per heavy atom. The number of amides is 2. The first-order valence-corrected chi connectivity index (χ1v) is 26.9. The lowest BCUT2D eigenvalue weighted by molar-refractivity contribution is -0.129. The molecule has 0 bridgehead atoms. The molecule has 6 nitrogen and oxygen atoms in total. The number of carbonyl (C=O) groups excluding carboxylic acids is 3. The van der Waals surface area contributed by atoms with Gasteiger partial charge in [-0.1, -0.05) is 244 Å². The van der Waals surface area contributed by atoms with Gasteiger partial charge in [0.1, 0.15) is 6.61 Å². The normalized spacial score (nSPS) is 13.0. The number of benzene rings is 8. The SMILES string of the molecule is CCCCNC(=O)[C@H](CSC(c1ccccc1)(c1ccccc1)c1ccccc1)CC(=O)[C@H](CSC(c1ccccc1)(c1ccccc1)c1ccccc1)NC(=O)OCC1c2ccccc2-c2ccccc21. The lowest BCUT2D eigenvalue weighted by Crippen LogP contribution is -2.46. The Morgan fingerprint density at radius 2 is 0.861 bits per heavy atom. The summed E-state index contributed by atoms with van der Waals surface area (Å²) in [5.74, 6) is -0.849. The maximum atomic E-state index is 15.5. The van der Waals surface area contributed by atoms with Crippen LogP contribution in [0.25, 0.3) is 11.1 Å². The van der Waals surface area contributed by atoms with Gasteiger partial charge in [-0.25, -0.2) is 4.79 Å². The van der Waals surface area contributed by atoms with Gasteiger partial charge in [0.2, 0.25) is 5.91 Å². The van der Waals surface area contributed by atoms with Crippen molar-refractivity contribution in [1.82, 2.24) is 10.6 Å². The summed E-state index contributed by atoms with van der Waals surface area (Å²) in [5, 5.41) is 6.28. The van der Waals surface area contributed by atoms with E-state index in [1.54, 1.807) is 23.5 Å². The first-order valence-electron chi connectivity index (χ1n) is 25.0. The number of Topliss-reactive ketones (excluding diaryl/α,β-unsaturated/α-hetero) is 1. The molecular formula is C64H60N2O4S2. The topological polar surface area (TPSA) is 84.5 Å². The number of nitrogens with one attached hydrogen (secondary N) is 2. The first-order chi connectivity index (χ1) is 35.4. The molecule has 0 spiro atoms. The number of hydrogen-bond donors (Lipinski definition) is 2. The quantitative estimate of drug-likeness (QED) is 0.0520. The summed E-state index contributed by atoms with van der Waals surface area (Å²) in [6.07, 6.45) is 0.927. The van der Waals surface area contributed by atoms with Gasteiger partial charge in [-0.3, -0.25) is 9.59 Å². The maximum absolute atomic E-state index is 15.5. The predicted octanol–water partition coefficient (Wildman–Crippen LogP) is 13.8. The summed E-state index contributed by atoms with van der Waals surface area (Å²) in [6.45, 7) is 2.68. The summed E-state index contributed by atoms with van der Waals surface area (Å²) < 4.78 is 4.67. The molecule has 72 heavy (non-hydrogen) atoms.